The minimum absolute atomic E-state index is 0.0934. The molecule has 1 aliphatic rings. The van der Waals surface area contributed by atoms with Gasteiger partial charge in [-0.15, -0.1) is 0 Å². The van der Waals surface area contributed by atoms with Crippen molar-refractivity contribution in [2.24, 2.45) is 5.92 Å². The van der Waals surface area contributed by atoms with Crippen LogP contribution in [0.3, 0.4) is 0 Å². The van der Waals surface area contributed by atoms with E-state index in [2.05, 4.69) is 10.3 Å². The summed E-state index contributed by atoms with van der Waals surface area (Å²) in [5.74, 6) is 0.130. The molecular formula is C16H17N3O3. The summed E-state index contributed by atoms with van der Waals surface area (Å²) in [6, 6.07) is 6.99. The summed E-state index contributed by atoms with van der Waals surface area (Å²) in [7, 11) is 0. The number of hydrogen-bond acceptors (Lipinski definition) is 4. The molecule has 1 atom stereocenters. The van der Waals surface area contributed by atoms with Crippen LogP contribution in [0.5, 0.6) is 0 Å². The van der Waals surface area contributed by atoms with Crippen LogP contribution in [0.15, 0.2) is 47.4 Å². The second kappa shape index (κ2) is 6.43. The van der Waals surface area contributed by atoms with E-state index >= 15 is 0 Å². The number of furan rings is 1. The fourth-order valence-electron chi connectivity index (χ4n) is 2.61. The van der Waals surface area contributed by atoms with Gasteiger partial charge < -0.3 is 14.6 Å². The fourth-order valence-corrected chi connectivity index (χ4v) is 2.61. The summed E-state index contributed by atoms with van der Waals surface area (Å²) in [4.78, 5) is 30.4. The molecule has 0 radical (unpaired) electrons. The smallest absolute Gasteiger partial charge is 0.257 e. The van der Waals surface area contributed by atoms with Gasteiger partial charge in [0, 0.05) is 19.3 Å². The Balaban J connectivity index is 1.63. The molecule has 3 heterocycles. The zero-order chi connectivity index (χ0) is 15.4. The minimum Gasteiger partial charge on any atom is -0.472 e. The summed E-state index contributed by atoms with van der Waals surface area (Å²) < 4.78 is 4.94. The van der Waals surface area contributed by atoms with E-state index in [1.807, 2.05) is 6.07 Å². The lowest BCUT2D eigenvalue weighted by Crippen LogP contribution is -2.43. The largest absolute Gasteiger partial charge is 0.472 e. The van der Waals surface area contributed by atoms with Crippen molar-refractivity contribution in [3.05, 3.63) is 48.6 Å². The number of nitrogens with one attached hydrogen (secondary N) is 1. The van der Waals surface area contributed by atoms with Crippen molar-refractivity contribution in [3.8, 4) is 0 Å². The Morgan fingerprint density at radius 1 is 1.32 bits per heavy atom. The number of anilines is 1. The molecule has 114 valence electrons. The number of piperidine rings is 1. The monoisotopic (exact) mass is 299 g/mol. The first-order chi connectivity index (χ1) is 10.7. The first kappa shape index (κ1) is 14.3. The van der Waals surface area contributed by atoms with Gasteiger partial charge in [0.2, 0.25) is 5.91 Å². The molecule has 0 bridgehead atoms. The van der Waals surface area contributed by atoms with Crippen molar-refractivity contribution < 1.29 is 14.0 Å². The SMILES string of the molecule is O=C(Nc1ccccn1)[C@@H]1CCCN(C(=O)c2ccoc2)C1. The molecule has 1 fully saturated rings. The molecule has 0 aliphatic carbocycles. The fraction of sp³-hybridized carbons (Fsp3) is 0.312. The zero-order valence-electron chi connectivity index (χ0n) is 12.1. The summed E-state index contributed by atoms with van der Waals surface area (Å²) in [6.45, 7) is 1.08. The van der Waals surface area contributed by atoms with Gasteiger partial charge in [0.1, 0.15) is 12.1 Å². The molecule has 0 saturated carbocycles. The second-order valence-corrected chi connectivity index (χ2v) is 5.31. The maximum Gasteiger partial charge on any atom is 0.257 e. The van der Waals surface area contributed by atoms with E-state index in [-0.39, 0.29) is 17.7 Å². The number of rotatable bonds is 3. The van der Waals surface area contributed by atoms with Gasteiger partial charge in [-0.05, 0) is 31.0 Å². The molecule has 6 nitrogen and oxygen atoms in total. The molecule has 6 heteroatoms. The van der Waals surface area contributed by atoms with E-state index in [1.165, 1.54) is 12.5 Å². The topological polar surface area (TPSA) is 75.4 Å². The molecule has 0 unspecified atom stereocenters. The summed E-state index contributed by atoms with van der Waals surface area (Å²) in [5, 5.41) is 2.80. The van der Waals surface area contributed by atoms with E-state index in [1.54, 1.807) is 29.3 Å². The average Bonchev–Trinajstić information content (AvgIpc) is 3.09. The highest BCUT2D eigenvalue weighted by atomic mass is 16.3. The van der Waals surface area contributed by atoms with Crippen LogP contribution in [0.2, 0.25) is 0 Å². The molecule has 2 amide bonds. The number of nitrogens with zero attached hydrogens (tertiary/aromatic N) is 2. The van der Waals surface area contributed by atoms with Crippen LogP contribution < -0.4 is 5.32 Å². The van der Waals surface area contributed by atoms with Gasteiger partial charge in [-0.1, -0.05) is 6.07 Å². The van der Waals surface area contributed by atoms with Crippen molar-refractivity contribution in [2.45, 2.75) is 12.8 Å². The van der Waals surface area contributed by atoms with Crippen LogP contribution in [-0.4, -0.2) is 34.8 Å². The number of amides is 2. The van der Waals surface area contributed by atoms with Crippen LogP contribution >= 0.6 is 0 Å². The van der Waals surface area contributed by atoms with E-state index in [4.69, 9.17) is 4.42 Å². The minimum atomic E-state index is -0.216. The van der Waals surface area contributed by atoms with Crippen molar-refractivity contribution in [1.82, 2.24) is 9.88 Å². The molecule has 1 saturated heterocycles. The van der Waals surface area contributed by atoms with Gasteiger partial charge >= 0.3 is 0 Å². The highest BCUT2D eigenvalue weighted by Crippen LogP contribution is 2.20. The lowest BCUT2D eigenvalue weighted by Gasteiger charge is -2.31. The lowest BCUT2D eigenvalue weighted by molar-refractivity contribution is -0.121. The van der Waals surface area contributed by atoms with Crippen LogP contribution in [0.1, 0.15) is 23.2 Å². The molecule has 1 aliphatic heterocycles. The van der Waals surface area contributed by atoms with Crippen LogP contribution in [0, 0.1) is 5.92 Å². The van der Waals surface area contributed by atoms with Crippen molar-refractivity contribution >= 4 is 17.6 Å². The van der Waals surface area contributed by atoms with Crippen LogP contribution in [0.4, 0.5) is 5.82 Å². The van der Waals surface area contributed by atoms with E-state index in [0.717, 1.165) is 12.8 Å². The molecule has 2 aromatic heterocycles. The normalized spacial score (nSPS) is 18.0. The number of likely N-dealkylation sites (tertiary alicyclic amines) is 1. The third kappa shape index (κ3) is 3.16. The summed E-state index contributed by atoms with van der Waals surface area (Å²) in [6.07, 6.45) is 6.12. The maximum absolute atomic E-state index is 12.3. The van der Waals surface area contributed by atoms with E-state index in [0.29, 0.717) is 24.5 Å². The first-order valence-corrected chi connectivity index (χ1v) is 7.27. The summed E-state index contributed by atoms with van der Waals surface area (Å²) >= 11 is 0. The molecule has 3 rings (SSSR count). The number of hydrogen-bond donors (Lipinski definition) is 1. The Hall–Kier alpha value is -2.63. The molecule has 2 aromatic rings. The number of carbonyl (C=O) groups is 2. The standard InChI is InChI=1S/C16H17N3O3/c20-15(18-14-5-1-2-7-17-14)12-4-3-8-19(10-12)16(21)13-6-9-22-11-13/h1-2,5-7,9,11-12H,3-4,8,10H2,(H,17,18,20)/t12-/m1/s1. The van der Waals surface area contributed by atoms with Crippen molar-refractivity contribution in [2.75, 3.05) is 18.4 Å². The van der Waals surface area contributed by atoms with Crippen molar-refractivity contribution in [3.63, 3.8) is 0 Å². The average molecular weight is 299 g/mol. The van der Waals surface area contributed by atoms with Crippen molar-refractivity contribution in [1.29, 1.82) is 0 Å². The van der Waals surface area contributed by atoms with Gasteiger partial charge in [-0.3, -0.25) is 9.59 Å². The number of aromatic nitrogens is 1. The first-order valence-electron chi connectivity index (χ1n) is 7.27. The number of carbonyl (C=O) groups excluding carboxylic acids is 2. The Morgan fingerprint density at radius 2 is 2.23 bits per heavy atom. The number of pyridine rings is 1. The lowest BCUT2D eigenvalue weighted by atomic mass is 9.96. The van der Waals surface area contributed by atoms with Gasteiger partial charge in [-0.25, -0.2) is 4.98 Å². The second-order valence-electron chi connectivity index (χ2n) is 5.31. The predicted molar refractivity (Wildman–Crippen MR) is 80.2 cm³/mol. The molecule has 1 N–H and O–H groups in total. The van der Waals surface area contributed by atoms with Gasteiger partial charge in [0.15, 0.2) is 0 Å². The van der Waals surface area contributed by atoms with Gasteiger partial charge in [0.05, 0.1) is 17.7 Å². The molecule has 0 aromatic carbocycles. The Labute approximate surface area is 128 Å². The Bertz CT molecular complexity index is 640. The van der Waals surface area contributed by atoms with Crippen LogP contribution in [0.25, 0.3) is 0 Å². The van der Waals surface area contributed by atoms with Gasteiger partial charge in [0.25, 0.3) is 5.91 Å². The zero-order valence-corrected chi connectivity index (χ0v) is 12.1. The summed E-state index contributed by atoms with van der Waals surface area (Å²) in [5.41, 5.74) is 0.519. The Morgan fingerprint density at radius 3 is 2.95 bits per heavy atom. The van der Waals surface area contributed by atoms with E-state index in [9.17, 15) is 9.59 Å². The van der Waals surface area contributed by atoms with Crippen LogP contribution in [-0.2, 0) is 4.79 Å². The van der Waals surface area contributed by atoms with Gasteiger partial charge in [-0.2, -0.15) is 0 Å². The van der Waals surface area contributed by atoms with E-state index < -0.39 is 0 Å². The predicted octanol–water partition coefficient (Wildman–Crippen LogP) is 2.17. The third-order valence-electron chi connectivity index (χ3n) is 3.76. The highest BCUT2D eigenvalue weighted by Gasteiger charge is 2.29. The third-order valence-corrected chi connectivity index (χ3v) is 3.76. The highest BCUT2D eigenvalue weighted by molar-refractivity contribution is 5.95. The molecular weight excluding hydrogens is 282 g/mol. The Kier molecular flexibility index (Phi) is 4.18. The maximum atomic E-state index is 12.3. The molecule has 0 spiro atoms. The molecule has 22 heavy (non-hydrogen) atoms. The quantitative estimate of drug-likeness (QED) is 0.942.